The van der Waals surface area contributed by atoms with Crippen molar-refractivity contribution in [1.82, 2.24) is 4.90 Å². The van der Waals surface area contributed by atoms with E-state index >= 15 is 0 Å². The maximum atomic E-state index is 11.4. The Morgan fingerprint density at radius 3 is 2.32 bits per heavy atom. The molecule has 0 spiro atoms. The molecule has 2 bridgehead atoms. The van der Waals surface area contributed by atoms with Crippen molar-refractivity contribution in [2.45, 2.75) is 69.9 Å². The lowest BCUT2D eigenvalue weighted by atomic mass is 9.80. The highest BCUT2D eigenvalue weighted by atomic mass is 16.5. The zero-order valence-electron chi connectivity index (χ0n) is 17.1. The number of methoxy groups -OCH3 is 1. The summed E-state index contributed by atoms with van der Waals surface area (Å²) in [7, 11) is 1.67. The lowest BCUT2D eigenvalue weighted by Crippen LogP contribution is -2.49. The molecule has 4 nitrogen and oxygen atoms in total. The van der Waals surface area contributed by atoms with Crippen molar-refractivity contribution in [3.05, 3.63) is 59.7 Å². The molecular weight excluding hydrogens is 350 g/mol. The van der Waals surface area contributed by atoms with Gasteiger partial charge in [-0.15, -0.1) is 0 Å². The average Bonchev–Trinajstić information content (AvgIpc) is 2.92. The first-order valence-corrected chi connectivity index (χ1v) is 10.3. The molecule has 0 radical (unpaired) electrons. The molecule has 2 aromatic carbocycles. The molecule has 150 valence electrons. The number of aliphatic hydroxyl groups is 1. The largest absolute Gasteiger partial charge is 0.497 e. The van der Waals surface area contributed by atoms with Gasteiger partial charge in [0, 0.05) is 18.6 Å². The van der Waals surface area contributed by atoms with Crippen LogP contribution < -0.4 is 9.47 Å². The van der Waals surface area contributed by atoms with E-state index in [0.29, 0.717) is 12.1 Å². The van der Waals surface area contributed by atoms with Crippen molar-refractivity contribution >= 4 is 0 Å². The van der Waals surface area contributed by atoms with E-state index in [1.165, 1.54) is 5.56 Å². The summed E-state index contributed by atoms with van der Waals surface area (Å²) in [5.74, 6) is 1.77. The SMILES string of the molecule is COc1ccc(C2(O)C[C@H]3CC[C@@H](C2)N3Cc2cccc(OC(C)C)c2)cc1. The summed E-state index contributed by atoms with van der Waals surface area (Å²) in [6.07, 6.45) is 4.08. The molecule has 2 aromatic rings. The van der Waals surface area contributed by atoms with E-state index in [0.717, 1.165) is 49.3 Å². The second-order valence-electron chi connectivity index (χ2n) is 8.54. The Kier molecular flexibility index (Phi) is 5.35. The third kappa shape index (κ3) is 3.89. The molecule has 2 heterocycles. The van der Waals surface area contributed by atoms with Crippen molar-refractivity contribution < 1.29 is 14.6 Å². The molecule has 4 heteroatoms. The maximum absolute atomic E-state index is 11.4. The predicted molar refractivity (Wildman–Crippen MR) is 111 cm³/mol. The van der Waals surface area contributed by atoms with Gasteiger partial charge in [-0.25, -0.2) is 0 Å². The Morgan fingerprint density at radius 1 is 1.04 bits per heavy atom. The number of hydrogen-bond acceptors (Lipinski definition) is 4. The van der Waals surface area contributed by atoms with E-state index < -0.39 is 5.60 Å². The van der Waals surface area contributed by atoms with Gasteiger partial charge < -0.3 is 14.6 Å². The van der Waals surface area contributed by atoms with Gasteiger partial charge in [0.2, 0.25) is 0 Å². The molecule has 0 aromatic heterocycles. The number of ether oxygens (including phenoxy) is 2. The smallest absolute Gasteiger partial charge is 0.120 e. The van der Waals surface area contributed by atoms with Crippen LogP contribution in [-0.4, -0.2) is 35.3 Å². The fourth-order valence-corrected chi connectivity index (χ4v) is 4.91. The molecule has 28 heavy (non-hydrogen) atoms. The molecule has 2 aliphatic heterocycles. The van der Waals surface area contributed by atoms with E-state index in [2.05, 4.69) is 36.9 Å². The van der Waals surface area contributed by atoms with Crippen molar-refractivity contribution in [2.24, 2.45) is 0 Å². The zero-order valence-corrected chi connectivity index (χ0v) is 17.1. The first-order valence-electron chi connectivity index (χ1n) is 10.3. The molecular formula is C24H31NO3. The van der Waals surface area contributed by atoms with Crippen LogP contribution in [0.1, 0.15) is 50.7 Å². The monoisotopic (exact) mass is 381 g/mol. The van der Waals surface area contributed by atoms with Crippen LogP contribution in [0.5, 0.6) is 11.5 Å². The van der Waals surface area contributed by atoms with Crippen molar-refractivity contribution in [2.75, 3.05) is 7.11 Å². The fraction of sp³-hybridized carbons (Fsp3) is 0.500. The van der Waals surface area contributed by atoms with Crippen molar-refractivity contribution in [3.8, 4) is 11.5 Å². The van der Waals surface area contributed by atoms with Crippen LogP contribution in [0.2, 0.25) is 0 Å². The third-order valence-electron chi connectivity index (χ3n) is 6.18. The van der Waals surface area contributed by atoms with Gasteiger partial charge in [-0.3, -0.25) is 4.90 Å². The van der Waals surface area contributed by atoms with Crippen LogP contribution in [0.4, 0.5) is 0 Å². The van der Waals surface area contributed by atoms with Crippen molar-refractivity contribution in [3.63, 3.8) is 0 Å². The molecule has 3 atom stereocenters. The number of benzene rings is 2. The molecule has 0 saturated carbocycles. The van der Waals surface area contributed by atoms with Gasteiger partial charge in [0.15, 0.2) is 0 Å². The summed E-state index contributed by atoms with van der Waals surface area (Å²) in [5.41, 5.74) is 1.55. The number of piperidine rings is 1. The summed E-state index contributed by atoms with van der Waals surface area (Å²) >= 11 is 0. The number of hydrogen-bond donors (Lipinski definition) is 1. The van der Waals surface area contributed by atoms with Crippen LogP contribution in [0.25, 0.3) is 0 Å². The first-order chi connectivity index (χ1) is 13.5. The quantitative estimate of drug-likeness (QED) is 0.800. The molecule has 2 saturated heterocycles. The van der Waals surface area contributed by atoms with Gasteiger partial charge in [0.05, 0.1) is 18.8 Å². The summed E-state index contributed by atoms with van der Waals surface area (Å²) < 4.78 is 11.1. The number of nitrogens with zero attached hydrogens (tertiary/aromatic N) is 1. The second-order valence-corrected chi connectivity index (χ2v) is 8.54. The number of rotatable bonds is 6. The van der Waals surface area contributed by atoms with Crippen LogP contribution in [0, 0.1) is 0 Å². The van der Waals surface area contributed by atoms with Crippen LogP contribution >= 0.6 is 0 Å². The molecule has 0 amide bonds. The van der Waals surface area contributed by atoms with Crippen molar-refractivity contribution in [1.29, 1.82) is 0 Å². The zero-order chi connectivity index (χ0) is 19.7. The molecule has 1 unspecified atom stereocenters. The second kappa shape index (κ2) is 7.76. The number of fused-ring (bicyclic) bond motifs is 2. The van der Waals surface area contributed by atoms with Gasteiger partial charge >= 0.3 is 0 Å². The predicted octanol–water partition coefficient (Wildman–Crippen LogP) is 4.50. The average molecular weight is 382 g/mol. The molecule has 2 aliphatic rings. The highest BCUT2D eigenvalue weighted by Crippen LogP contribution is 2.46. The Hall–Kier alpha value is -2.04. The fourth-order valence-electron chi connectivity index (χ4n) is 4.91. The van der Waals surface area contributed by atoms with Gasteiger partial charge in [-0.2, -0.15) is 0 Å². The Balaban J connectivity index is 1.48. The van der Waals surface area contributed by atoms with E-state index in [-0.39, 0.29) is 6.10 Å². The van der Waals surface area contributed by atoms with E-state index in [4.69, 9.17) is 9.47 Å². The Labute approximate surface area is 168 Å². The van der Waals surface area contributed by atoms with E-state index in [1.54, 1.807) is 7.11 Å². The third-order valence-corrected chi connectivity index (χ3v) is 6.18. The lowest BCUT2D eigenvalue weighted by Gasteiger charge is -2.44. The summed E-state index contributed by atoms with van der Waals surface area (Å²) in [6.45, 7) is 5.03. The molecule has 2 fully saturated rings. The standard InChI is InChI=1S/C24H31NO3/c1-17(2)28-23-6-4-5-18(13-23)16-25-20-9-10-21(25)15-24(26,14-20)19-7-11-22(27-3)12-8-19/h4-8,11-13,17,20-21,26H,9-10,14-16H2,1-3H3/t20-,21+,24?. The van der Waals surface area contributed by atoms with E-state index in [9.17, 15) is 5.11 Å². The van der Waals surface area contributed by atoms with Gasteiger partial charge in [-0.05, 0) is 74.9 Å². The maximum Gasteiger partial charge on any atom is 0.120 e. The molecule has 1 N–H and O–H groups in total. The summed E-state index contributed by atoms with van der Waals surface area (Å²) in [6, 6.07) is 17.2. The summed E-state index contributed by atoms with van der Waals surface area (Å²) in [4.78, 5) is 2.59. The summed E-state index contributed by atoms with van der Waals surface area (Å²) in [5, 5.41) is 11.4. The van der Waals surface area contributed by atoms with Gasteiger partial charge in [-0.1, -0.05) is 24.3 Å². The normalized spacial score (nSPS) is 27.2. The lowest BCUT2D eigenvalue weighted by molar-refractivity contribution is -0.0595. The minimum atomic E-state index is -0.739. The van der Waals surface area contributed by atoms with E-state index in [1.807, 2.05) is 30.3 Å². The Morgan fingerprint density at radius 2 is 1.71 bits per heavy atom. The van der Waals surface area contributed by atoms with Crippen LogP contribution in [0.3, 0.4) is 0 Å². The minimum Gasteiger partial charge on any atom is -0.497 e. The van der Waals surface area contributed by atoms with Crippen LogP contribution in [0.15, 0.2) is 48.5 Å². The van der Waals surface area contributed by atoms with Gasteiger partial charge in [0.25, 0.3) is 0 Å². The Bertz CT molecular complexity index is 788. The van der Waals surface area contributed by atoms with Crippen LogP contribution in [-0.2, 0) is 12.1 Å². The highest BCUT2D eigenvalue weighted by molar-refractivity contribution is 5.33. The molecule has 4 rings (SSSR count). The first kappa shape index (κ1) is 19.3. The minimum absolute atomic E-state index is 0.181. The topological polar surface area (TPSA) is 41.9 Å². The van der Waals surface area contributed by atoms with Gasteiger partial charge in [0.1, 0.15) is 11.5 Å². The highest BCUT2D eigenvalue weighted by Gasteiger charge is 2.48. The molecule has 0 aliphatic carbocycles.